The maximum absolute atomic E-state index is 12.2. The molecule has 0 radical (unpaired) electrons. The minimum absolute atomic E-state index is 0.288. The minimum Gasteiger partial charge on any atom is -0.410 e. The van der Waals surface area contributed by atoms with Crippen LogP contribution in [0.25, 0.3) is 10.8 Å². The molecule has 0 spiro atoms. The van der Waals surface area contributed by atoms with Crippen LogP contribution in [0.5, 0.6) is 5.75 Å². The van der Waals surface area contributed by atoms with E-state index in [9.17, 15) is 25.0 Å². The van der Waals surface area contributed by atoms with Gasteiger partial charge in [0.1, 0.15) is 5.75 Å². The number of rotatable bonds is 5. The summed E-state index contributed by atoms with van der Waals surface area (Å²) in [7, 11) is 0. The molecule has 3 rings (SSSR count). The number of nitro groups is 2. The van der Waals surface area contributed by atoms with Gasteiger partial charge in [-0.05, 0) is 23.3 Å². The second kappa shape index (κ2) is 7.70. The fourth-order valence-electron chi connectivity index (χ4n) is 2.86. The molecule has 0 heterocycles. The monoisotopic (exact) mass is 381 g/mol. The van der Waals surface area contributed by atoms with E-state index in [1.807, 2.05) is 42.5 Å². The number of benzene rings is 3. The van der Waals surface area contributed by atoms with Crippen LogP contribution in [0.2, 0.25) is 0 Å². The summed E-state index contributed by atoms with van der Waals surface area (Å²) in [6.07, 6.45) is -0.879. The molecule has 0 aliphatic heterocycles. The molecule has 0 fully saturated rings. The lowest BCUT2D eigenvalue weighted by molar-refractivity contribution is -0.394. The number of hydrogen-bond acceptors (Lipinski definition) is 6. The Balaban J connectivity index is 1.80. The lowest BCUT2D eigenvalue weighted by Gasteiger charge is -2.16. The van der Waals surface area contributed by atoms with Crippen LogP contribution in [0.15, 0.2) is 60.7 Å². The number of hydrogen-bond donors (Lipinski definition) is 1. The Kier molecular flexibility index (Phi) is 5.16. The van der Waals surface area contributed by atoms with Gasteiger partial charge in [0.05, 0.1) is 34.1 Å². The van der Waals surface area contributed by atoms with E-state index >= 15 is 0 Å². The van der Waals surface area contributed by atoms with Crippen LogP contribution in [-0.4, -0.2) is 15.9 Å². The van der Waals surface area contributed by atoms with E-state index in [4.69, 9.17) is 4.74 Å². The van der Waals surface area contributed by atoms with Gasteiger partial charge in [0, 0.05) is 0 Å². The fourth-order valence-corrected chi connectivity index (χ4v) is 2.86. The highest BCUT2D eigenvalue weighted by Crippen LogP contribution is 2.28. The van der Waals surface area contributed by atoms with Gasteiger partial charge in [-0.15, -0.1) is 0 Å². The van der Waals surface area contributed by atoms with E-state index in [1.165, 1.54) is 0 Å². The second-order valence-electron chi connectivity index (χ2n) is 6.02. The molecule has 1 unspecified atom stereocenters. The molecule has 0 saturated carbocycles. The molecule has 1 amide bonds. The van der Waals surface area contributed by atoms with Gasteiger partial charge in [-0.2, -0.15) is 0 Å². The normalized spacial score (nSPS) is 11.6. The van der Waals surface area contributed by atoms with E-state index < -0.39 is 33.4 Å². The van der Waals surface area contributed by atoms with Crippen LogP contribution in [-0.2, 0) is 0 Å². The number of fused-ring (bicyclic) bond motifs is 1. The molecular formula is C19H15N3O6. The third-order valence-electron chi connectivity index (χ3n) is 4.13. The van der Waals surface area contributed by atoms with Crippen LogP contribution in [0, 0.1) is 20.2 Å². The highest BCUT2D eigenvalue weighted by atomic mass is 16.6. The number of nitrogens with zero attached hydrogens (tertiary/aromatic N) is 2. The average Bonchev–Trinajstić information content (AvgIpc) is 2.66. The van der Waals surface area contributed by atoms with Gasteiger partial charge in [0.25, 0.3) is 11.4 Å². The molecule has 3 aromatic rings. The summed E-state index contributed by atoms with van der Waals surface area (Å²) >= 11 is 0. The molecule has 0 saturated heterocycles. The zero-order valence-corrected chi connectivity index (χ0v) is 14.7. The van der Waals surface area contributed by atoms with Gasteiger partial charge in [0.2, 0.25) is 0 Å². The Morgan fingerprint density at radius 2 is 1.57 bits per heavy atom. The van der Waals surface area contributed by atoms with Crippen LogP contribution in [0.3, 0.4) is 0 Å². The SMILES string of the molecule is CC(NC(=O)Oc1cc([N+](=O)[O-])cc([N+](=O)[O-])c1)c1cccc2ccccc12. The van der Waals surface area contributed by atoms with Gasteiger partial charge in [-0.3, -0.25) is 20.2 Å². The Morgan fingerprint density at radius 3 is 2.21 bits per heavy atom. The predicted molar refractivity (Wildman–Crippen MR) is 101 cm³/mol. The molecule has 0 aromatic heterocycles. The topological polar surface area (TPSA) is 125 Å². The highest BCUT2D eigenvalue weighted by molar-refractivity contribution is 5.86. The molecular weight excluding hydrogens is 366 g/mol. The molecule has 3 aromatic carbocycles. The lowest BCUT2D eigenvalue weighted by Crippen LogP contribution is -2.29. The first kappa shape index (κ1) is 18.8. The summed E-state index contributed by atoms with van der Waals surface area (Å²) in [4.78, 5) is 32.5. The number of ether oxygens (including phenoxy) is 1. The number of carbonyl (C=O) groups is 1. The van der Waals surface area contributed by atoms with Crippen molar-refractivity contribution in [3.8, 4) is 5.75 Å². The van der Waals surface area contributed by atoms with Gasteiger partial charge in [-0.1, -0.05) is 42.5 Å². The van der Waals surface area contributed by atoms with E-state index in [0.717, 1.165) is 34.5 Å². The summed E-state index contributed by atoms with van der Waals surface area (Å²) in [5, 5.41) is 26.5. The van der Waals surface area contributed by atoms with Crippen LogP contribution in [0.4, 0.5) is 16.2 Å². The van der Waals surface area contributed by atoms with Crippen LogP contribution >= 0.6 is 0 Å². The Labute approximate surface area is 158 Å². The van der Waals surface area contributed by atoms with E-state index in [1.54, 1.807) is 6.92 Å². The molecule has 28 heavy (non-hydrogen) atoms. The van der Waals surface area contributed by atoms with Crippen molar-refractivity contribution in [2.24, 2.45) is 0 Å². The summed E-state index contributed by atoms with van der Waals surface area (Å²) in [6, 6.07) is 15.6. The Hall–Kier alpha value is -4.01. The average molecular weight is 381 g/mol. The molecule has 1 atom stereocenters. The van der Waals surface area contributed by atoms with Crippen molar-refractivity contribution in [1.29, 1.82) is 0 Å². The zero-order valence-electron chi connectivity index (χ0n) is 14.7. The highest BCUT2D eigenvalue weighted by Gasteiger charge is 2.20. The summed E-state index contributed by atoms with van der Waals surface area (Å²) in [6.45, 7) is 1.76. The van der Waals surface area contributed by atoms with E-state index in [0.29, 0.717) is 0 Å². The van der Waals surface area contributed by atoms with Gasteiger partial charge < -0.3 is 10.1 Å². The van der Waals surface area contributed by atoms with Crippen molar-refractivity contribution in [2.45, 2.75) is 13.0 Å². The molecule has 0 aliphatic carbocycles. The van der Waals surface area contributed by atoms with Gasteiger partial charge >= 0.3 is 6.09 Å². The predicted octanol–water partition coefficient (Wildman–Crippen LogP) is 4.51. The fraction of sp³-hybridized carbons (Fsp3) is 0.105. The number of nitrogens with one attached hydrogen (secondary N) is 1. The summed E-state index contributed by atoms with van der Waals surface area (Å²) in [5.74, 6) is -0.288. The van der Waals surface area contributed by atoms with Crippen molar-refractivity contribution in [3.05, 3.63) is 86.5 Å². The molecule has 142 valence electrons. The maximum Gasteiger partial charge on any atom is 0.413 e. The first-order valence-electron chi connectivity index (χ1n) is 8.25. The van der Waals surface area contributed by atoms with Crippen molar-refractivity contribution in [1.82, 2.24) is 5.32 Å². The number of amides is 1. The Morgan fingerprint density at radius 1 is 0.964 bits per heavy atom. The molecule has 0 bridgehead atoms. The Bertz CT molecular complexity index is 1040. The van der Waals surface area contributed by atoms with Crippen molar-refractivity contribution in [2.75, 3.05) is 0 Å². The quantitative estimate of drug-likeness (QED) is 0.512. The van der Waals surface area contributed by atoms with Crippen molar-refractivity contribution >= 4 is 28.2 Å². The largest absolute Gasteiger partial charge is 0.413 e. The summed E-state index contributed by atoms with van der Waals surface area (Å²) in [5.41, 5.74) is -0.224. The van der Waals surface area contributed by atoms with Crippen LogP contribution in [0.1, 0.15) is 18.5 Å². The second-order valence-corrected chi connectivity index (χ2v) is 6.02. The number of non-ortho nitro benzene ring substituents is 2. The van der Waals surface area contributed by atoms with E-state index in [-0.39, 0.29) is 5.75 Å². The van der Waals surface area contributed by atoms with Gasteiger partial charge in [0.15, 0.2) is 0 Å². The standard InChI is InChI=1S/C19H15N3O6/c1-12(17-8-4-6-13-5-2-3-7-18(13)17)20-19(23)28-16-10-14(21(24)25)9-15(11-16)22(26)27/h2-12H,1H3,(H,20,23). The molecule has 0 aliphatic rings. The van der Waals surface area contributed by atoms with Gasteiger partial charge in [-0.25, -0.2) is 4.79 Å². The maximum atomic E-state index is 12.2. The third-order valence-corrected chi connectivity index (χ3v) is 4.13. The van der Waals surface area contributed by atoms with Crippen molar-refractivity contribution < 1.29 is 19.4 Å². The number of nitro benzene ring substituents is 2. The molecule has 9 nitrogen and oxygen atoms in total. The summed E-state index contributed by atoms with van der Waals surface area (Å²) < 4.78 is 5.04. The van der Waals surface area contributed by atoms with E-state index in [2.05, 4.69) is 5.32 Å². The minimum atomic E-state index is -0.879. The zero-order chi connectivity index (χ0) is 20.3. The number of carbonyl (C=O) groups excluding carboxylic acids is 1. The first-order valence-corrected chi connectivity index (χ1v) is 8.25. The molecule has 1 N–H and O–H groups in total. The third kappa shape index (κ3) is 4.04. The smallest absolute Gasteiger partial charge is 0.410 e. The lowest BCUT2D eigenvalue weighted by atomic mass is 10.00. The molecule has 9 heteroatoms. The first-order chi connectivity index (χ1) is 13.3. The van der Waals surface area contributed by atoms with Crippen LogP contribution < -0.4 is 10.1 Å². The van der Waals surface area contributed by atoms with Crippen molar-refractivity contribution in [3.63, 3.8) is 0 Å².